The molecule has 2 N–H and O–H groups in total. The first-order valence-electron chi connectivity index (χ1n) is 12.3. The Morgan fingerprint density at radius 3 is 2.11 bits per heavy atom. The minimum atomic E-state index is -1.00. The lowest BCUT2D eigenvalue weighted by Crippen LogP contribution is -2.49. The van der Waals surface area contributed by atoms with Crippen LogP contribution in [0.4, 0.5) is 0 Å². The number of hydrogen-bond donors (Lipinski definition) is 2. The van der Waals surface area contributed by atoms with Crippen LogP contribution in [0.5, 0.6) is 0 Å². The highest BCUT2D eigenvalue weighted by atomic mass is 35.5. The molecule has 8 heteroatoms. The van der Waals surface area contributed by atoms with Crippen LogP contribution in [0.25, 0.3) is 0 Å². The Morgan fingerprint density at radius 2 is 1.59 bits per heavy atom. The van der Waals surface area contributed by atoms with Crippen molar-refractivity contribution < 1.29 is 24.2 Å². The van der Waals surface area contributed by atoms with E-state index in [1.54, 1.807) is 12.1 Å². The fourth-order valence-electron chi connectivity index (χ4n) is 3.41. The van der Waals surface area contributed by atoms with Crippen LogP contribution in [-0.4, -0.2) is 47.5 Å². The van der Waals surface area contributed by atoms with Gasteiger partial charge < -0.3 is 20.1 Å². The minimum absolute atomic E-state index is 0.000298. The van der Waals surface area contributed by atoms with Gasteiger partial charge in [-0.1, -0.05) is 79.4 Å². The molecule has 1 aliphatic rings. The number of aryl methyl sites for hydroxylation is 1. The SMILES string of the molecule is C=C(C)C.CCC.Cc1ccc(C2OCC(=O)N(CC(=O)NCCC(=O)O)C2c2ccc(Cl)cc2)cc1. The lowest BCUT2D eigenvalue weighted by Gasteiger charge is -2.41. The number of aliphatic carboxylic acids is 1. The average molecular weight is 531 g/mol. The molecule has 1 heterocycles. The largest absolute Gasteiger partial charge is 0.481 e. The van der Waals surface area contributed by atoms with Crippen LogP contribution in [0.15, 0.2) is 60.7 Å². The van der Waals surface area contributed by atoms with Gasteiger partial charge in [0.2, 0.25) is 11.8 Å². The van der Waals surface area contributed by atoms with E-state index in [1.165, 1.54) is 16.9 Å². The van der Waals surface area contributed by atoms with E-state index in [9.17, 15) is 14.4 Å². The Labute approximate surface area is 225 Å². The van der Waals surface area contributed by atoms with Crippen LogP contribution in [-0.2, 0) is 19.1 Å². The monoisotopic (exact) mass is 530 g/mol. The molecule has 7 nitrogen and oxygen atoms in total. The average Bonchev–Trinajstić information content (AvgIpc) is 2.81. The third-order valence-electron chi connectivity index (χ3n) is 4.92. The Balaban J connectivity index is 0.000000873. The molecule has 1 saturated heterocycles. The maximum atomic E-state index is 12.7. The molecule has 2 unspecified atom stereocenters. The fourth-order valence-corrected chi connectivity index (χ4v) is 3.54. The van der Waals surface area contributed by atoms with Crippen molar-refractivity contribution in [3.05, 3.63) is 82.4 Å². The van der Waals surface area contributed by atoms with Gasteiger partial charge in [0.05, 0.1) is 12.5 Å². The summed E-state index contributed by atoms with van der Waals surface area (Å²) in [7, 11) is 0. The Kier molecular flexibility index (Phi) is 14.3. The summed E-state index contributed by atoms with van der Waals surface area (Å²) in [6.45, 7) is 13.4. The van der Waals surface area contributed by atoms with E-state index in [0.29, 0.717) is 5.02 Å². The van der Waals surface area contributed by atoms with Crippen molar-refractivity contribution in [3.8, 4) is 0 Å². The zero-order chi connectivity index (χ0) is 28.0. The van der Waals surface area contributed by atoms with Gasteiger partial charge in [0.25, 0.3) is 0 Å². The van der Waals surface area contributed by atoms with Gasteiger partial charge in [0, 0.05) is 11.6 Å². The van der Waals surface area contributed by atoms with Gasteiger partial charge in [-0.3, -0.25) is 14.4 Å². The highest BCUT2D eigenvalue weighted by Crippen LogP contribution is 2.40. The number of morpholine rings is 1. The predicted octanol–water partition coefficient (Wildman–Crippen LogP) is 5.88. The van der Waals surface area contributed by atoms with Gasteiger partial charge in [0.1, 0.15) is 19.3 Å². The van der Waals surface area contributed by atoms with Gasteiger partial charge in [-0.25, -0.2) is 0 Å². The number of carboxylic acid groups (broad SMARTS) is 1. The summed E-state index contributed by atoms with van der Waals surface area (Å²) in [5.74, 6) is -1.74. The van der Waals surface area contributed by atoms with E-state index in [1.807, 2.05) is 57.2 Å². The maximum Gasteiger partial charge on any atom is 0.305 e. The van der Waals surface area contributed by atoms with Crippen LogP contribution >= 0.6 is 11.6 Å². The predicted molar refractivity (Wildman–Crippen MR) is 147 cm³/mol. The van der Waals surface area contributed by atoms with E-state index >= 15 is 0 Å². The zero-order valence-electron chi connectivity index (χ0n) is 22.4. The van der Waals surface area contributed by atoms with E-state index in [0.717, 1.165) is 16.7 Å². The van der Waals surface area contributed by atoms with Gasteiger partial charge in [-0.2, -0.15) is 0 Å². The number of carboxylic acids is 1. The van der Waals surface area contributed by atoms with Crippen molar-refractivity contribution in [3.63, 3.8) is 0 Å². The molecule has 1 aliphatic heterocycles. The first-order chi connectivity index (χ1) is 17.5. The summed E-state index contributed by atoms with van der Waals surface area (Å²) < 4.78 is 5.90. The second kappa shape index (κ2) is 16.6. The van der Waals surface area contributed by atoms with Gasteiger partial charge >= 0.3 is 5.97 Å². The van der Waals surface area contributed by atoms with Crippen LogP contribution in [0.3, 0.4) is 0 Å². The fraction of sp³-hybridized carbons (Fsp3) is 0.414. The van der Waals surface area contributed by atoms with Crippen LogP contribution < -0.4 is 5.32 Å². The molecule has 2 aromatic carbocycles. The lowest BCUT2D eigenvalue weighted by atomic mass is 9.92. The molecule has 0 saturated carbocycles. The number of ether oxygens (including phenoxy) is 1. The van der Waals surface area contributed by atoms with Crippen molar-refractivity contribution in [2.24, 2.45) is 0 Å². The first kappa shape index (κ1) is 31.9. The molecule has 2 aromatic rings. The number of benzene rings is 2. The van der Waals surface area contributed by atoms with Crippen molar-refractivity contribution in [1.29, 1.82) is 0 Å². The van der Waals surface area contributed by atoms with Gasteiger partial charge in [0.15, 0.2) is 0 Å². The van der Waals surface area contributed by atoms with E-state index in [4.69, 9.17) is 21.4 Å². The Morgan fingerprint density at radius 1 is 1.08 bits per heavy atom. The lowest BCUT2D eigenvalue weighted by molar-refractivity contribution is -0.161. The number of allylic oxidation sites excluding steroid dienone is 1. The summed E-state index contributed by atoms with van der Waals surface area (Å²) in [6.07, 6.45) is 0.603. The van der Waals surface area contributed by atoms with E-state index in [-0.39, 0.29) is 32.0 Å². The summed E-state index contributed by atoms with van der Waals surface area (Å²) in [4.78, 5) is 37.2. The summed E-state index contributed by atoms with van der Waals surface area (Å²) in [6, 6.07) is 14.4. The number of rotatable bonds is 7. The van der Waals surface area contributed by atoms with Crippen molar-refractivity contribution in [2.45, 2.75) is 59.6 Å². The molecule has 202 valence electrons. The summed E-state index contributed by atoms with van der Waals surface area (Å²) >= 11 is 6.03. The third kappa shape index (κ3) is 11.6. The third-order valence-corrected chi connectivity index (χ3v) is 5.17. The zero-order valence-corrected chi connectivity index (χ0v) is 23.2. The van der Waals surface area contributed by atoms with Crippen LogP contribution in [0, 0.1) is 6.92 Å². The molecule has 0 spiro atoms. The van der Waals surface area contributed by atoms with Crippen molar-refractivity contribution in [1.82, 2.24) is 10.2 Å². The molecule has 37 heavy (non-hydrogen) atoms. The van der Waals surface area contributed by atoms with E-state index in [2.05, 4.69) is 25.7 Å². The molecule has 0 bridgehead atoms. The topological polar surface area (TPSA) is 95.9 Å². The van der Waals surface area contributed by atoms with Gasteiger partial charge in [-0.05, 0) is 44.0 Å². The molecule has 2 atom stereocenters. The summed E-state index contributed by atoms with van der Waals surface area (Å²) in [5, 5.41) is 11.9. The quantitative estimate of drug-likeness (QED) is 0.436. The minimum Gasteiger partial charge on any atom is -0.481 e. The normalized spacial score (nSPS) is 16.5. The Bertz CT molecular complexity index is 1020. The standard InChI is InChI=1S/C22H23ClN2O5.C4H8.C3H8/c1-14-2-4-16(5-3-14)22-21(15-6-8-17(23)9-7-15)25(19(27)13-30-22)12-18(26)24-11-10-20(28)29;1-4(2)3;1-3-2/h2-9,21-22H,10-13H2,1H3,(H,24,26)(H,28,29);1H2,2-3H3;3H2,1-2H3. The number of nitrogens with one attached hydrogen (secondary N) is 1. The maximum absolute atomic E-state index is 12.7. The van der Waals surface area contributed by atoms with E-state index < -0.39 is 24.0 Å². The number of carbonyl (C=O) groups excluding carboxylic acids is 2. The molecular weight excluding hydrogens is 492 g/mol. The Hall–Kier alpha value is -3.16. The molecule has 3 rings (SSSR count). The molecule has 0 aliphatic carbocycles. The first-order valence-corrected chi connectivity index (χ1v) is 12.7. The highest BCUT2D eigenvalue weighted by Gasteiger charge is 2.39. The van der Waals surface area contributed by atoms with Crippen LogP contribution in [0.2, 0.25) is 5.02 Å². The molecule has 0 aromatic heterocycles. The molecule has 0 radical (unpaired) electrons. The molecular formula is C29H39ClN2O5. The molecule has 2 amide bonds. The number of amides is 2. The second-order valence-electron chi connectivity index (χ2n) is 9.07. The highest BCUT2D eigenvalue weighted by molar-refractivity contribution is 6.30. The number of hydrogen-bond acceptors (Lipinski definition) is 4. The van der Waals surface area contributed by atoms with Crippen molar-refractivity contribution >= 4 is 29.4 Å². The van der Waals surface area contributed by atoms with Crippen LogP contribution in [0.1, 0.15) is 69.4 Å². The number of nitrogens with zero attached hydrogens (tertiary/aromatic N) is 1. The van der Waals surface area contributed by atoms with Gasteiger partial charge in [-0.15, -0.1) is 6.58 Å². The summed E-state index contributed by atoms with van der Waals surface area (Å²) in [5.41, 5.74) is 3.95. The smallest absolute Gasteiger partial charge is 0.305 e. The number of halogens is 1. The van der Waals surface area contributed by atoms with Crippen molar-refractivity contribution in [2.75, 3.05) is 19.7 Å². The second-order valence-corrected chi connectivity index (χ2v) is 9.50. The number of carbonyl (C=O) groups is 3. The molecule has 1 fully saturated rings.